The SMILES string of the molecule is O[C@H]1[C@H](O)N(c2ccccc2)C(=S)N1c1ccccc1. The Morgan fingerprint density at radius 2 is 1.05 bits per heavy atom. The van der Waals surface area contributed by atoms with Crippen LogP contribution in [-0.2, 0) is 0 Å². The van der Waals surface area contributed by atoms with E-state index in [0.29, 0.717) is 5.11 Å². The summed E-state index contributed by atoms with van der Waals surface area (Å²) in [6.07, 6.45) is -2.18. The van der Waals surface area contributed by atoms with Crippen molar-refractivity contribution < 1.29 is 10.2 Å². The molecule has 0 saturated carbocycles. The number of para-hydroxylation sites is 2. The molecule has 102 valence electrons. The van der Waals surface area contributed by atoms with Gasteiger partial charge in [0.05, 0.1) is 0 Å². The third-order valence-corrected chi connectivity index (χ3v) is 3.67. The number of aliphatic hydroxyl groups excluding tert-OH is 2. The number of rotatable bonds is 2. The quantitative estimate of drug-likeness (QED) is 0.826. The summed E-state index contributed by atoms with van der Waals surface area (Å²) in [5.41, 5.74) is 1.50. The van der Waals surface area contributed by atoms with Gasteiger partial charge in [-0.3, -0.25) is 9.80 Å². The van der Waals surface area contributed by atoms with Gasteiger partial charge in [0.1, 0.15) is 0 Å². The van der Waals surface area contributed by atoms with Crippen LogP contribution in [0.4, 0.5) is 11.4 Å². The molecule has 4 nitrogen and oxygen atoms in total. The van der Waals surface area contributed by atoms with Gasteiger partial charge in [-0.25, -0.2) is 0 Å². The smallest absolute Gasteiger partial charge is 0.185 e. The zero-order valence-corrected chi connectivity index (χ0v) is 11.4. The van der Waals surface area contributed by atoms with Crippen molar-refractivity contribution in [1.82, 2.24) is 0 Å². The minimum atomic E-state index is -1.09. The first-order valence-electron chi connectivity index (χ1n) is 6.29. The third-order valence-electron chi connectivity index (χ3n) is 3.28. The molecule has 0 unspecified atom stereocenters. The zero-order valence-electron chi connectivity index (χ0n) is 10.6. The van der Waals surface area contributed by atoms with Gasteiger partial charge in [0, 0.05) is 11.4 Å². The van der Waals surface area contributed by atoms with Crippen molar-refractivity contribution in [2.75, 3.05) is 9.80 Å². The summed E-state index contributed by atoms with van der Waals surface area (Å²) in [5.74, 6) is 0. The molecule has 0 aliphatic carbocycles. The highest BCUT2D eigenvalue weighted by molar-refractivity contribution is 7.80. The lowest BCUT2D eigenvalue weighted by molar-refractivity contribution is 0.0460. The molecular weight excluding hydrogens is 272 g/mol. The van der Waals surface area contributed by atoms with Crippen LogP contribution in [0.5, 0.6) is 0 Å². The minimum Gasteiger partial charge on any atom is -0.369 e. The van der Waals surface area contributed by atoms with Gasteiger partial charge >= 0.3 is 0 Å². The van der Waals surface area contributed by atoms with Gasteiger partial charge in [-0.2, -0.15) is 0 Å². The standard InChI is InChI=1S/C15H14N2O2S/c18-13-14(19)17(12-9-5-2-6-10-12)15(20)16(13)11-7-3-1-4-8-11/h1-10,13-14,18-19H/t13-,14-/m0/s1. The van der Waals surface area contributed by atoms with Crippen LogP contribution < -0.4 is 9.80 Å². The molecule has 2 atom stereocenters. The van der Waals surface area contributed by atoms with Gasteiger partial charge in [0.2, 0.25) is 0 Å². The van der Waals surface area contributed by atoms with Crippen LogP contribution in [0.3, 0.4) is 0 Å². The first-order valence-corrected chi connectivity index (χ1v) is 6.69. The Bertz CT molecular complexity index is 552. The van der Waals surface area contributed by atoms with Gasteiger partial charge in [0.15, 0.2) is 17.6 Å². The molecular formula is C15H14N2O2S. The molecule has 0 bridgehead atoms. The second kappa shape index (κ2) is 5.20. The molecule has 5 heteroatoms. The number of benzene rings is 2. The number of thiocarbonyl (C=S) groups is 1. The van der Waals surface area contributed by atoms with Gasteiger partial charge in [0.25, 0.3) is 0 Å². The fraction of sp³-hybridized carbons (Fsp3) is 0.133. The van der Waals surface area contributed by atoms with E-state index in [1.54, 1.807) is 9.80 Å². The van der Waals surface area contributed by atoms with E-state index in [1.165, 1.54) is 0 Å². The van der Waals surface area contributed by atoms with Crippen LogP contribution in [-0.4, -0.2) is 27.8 Å². The Labute approximate surface area is 122 Å². The summed E-state index contributed by atoms with van der Waals surface area (Å²) in [7, 11) is 0. The molecule has 20 heavy (non-hydrogen) atoms. The average molecular weight is 286 g/mol. The molecule has 1 fully saturated rings. The maximum absolute atomic E-state index is 10.3. The molecule has 1 heterocycles. The zero-order chi connectivity index (χ0) is 14.1. The van der Waals surface area contributed by atoms with E-state index in [1.807, 2.05) is 60.7 Å². The molecule has 0 radical (unpaired) electrons. The topological polar surface area (TPSA) is 46.9 Å². The van der Waals surface area contributed by atoms with Crippen molar-refractivity contribution in [2.45, 2.75) is 12.5 Å². The van der Waals surface area contributed by atoms with E-state index >= 15 is 0 Å². The molecule has 2 N–H and O–H groups in total. The van der Waals surface area contributed by atoms with Crippen molar-refractivity contribution in [1.29, 1.82) is 0 Å². The Morgan fingerprint density at radius 3 is 1.40 bits per heavy atom. The fourth-order valence-corrected chi connectivity index (χ4v) is 2.74. The lowest BCUT2D eigenvalue weighted by atomic mass is 10.3. The molecule has 1 saturated heterocycles. The summed E-state index contributed by atoms with van der Waals surface area (Å²) >= 11 is 5.41. The van der Waals surface area contributed by atoms with Crippen LogP contribution >= 0.6 is 12.2 Å². The van der Waals surface area contributed by atoms with Gasteiger partial charge in [-0.1, -0.05) is 36.4 Å². The van der Waals surface area contributed by atoms with Crippen LogP contribution in [0.1, 0.15) is 0 Å². The Balaban J connectivity index is 1.99. The predicted molar refractivity (Wildman–Crippen MR) is 82.5 cm³/mol. The summed E-state index contributed by atoms with van der Waals surface area (Å²) in [6, 6.07) is 18.6. The number of anilines is 2. The van der Waals surface area contributed by atoms with Crippen molar-refractivity contribution in [3.8, 4) is 0 Å². The largest absolute Gasteiger partial charge is 0.369 e. The highest BCUT2D eigenvalue weighted by atomic mass is 32.1. The van der Waals surface area contributed by atoms with Gasteiger partial charge in [-0.05, 0) is 36.5 Å². The van der Waals surface area contributed by atoms with Crippen LogP contribution in [0, 0.1) is 0 Å². The first kappa shape index (κ1) is 13.1. The molecule has 3 rings (SSSR count). The predicted octanol–water partition coefficient (Wildman–Crippen LogP) is 1.93. The van der Waals surface area contributed by atoms with Crippen molar-refractivity contribution >= 4 is 28.7 Å². The lowest BCUT2D eigenvalue weighted by Crippen LogP contribution is -2.37. The summed E-state index contributed by atoms with van der Waals surface area (Å²) in [5, 5.41) is 20.9. The fourth-order valence-electron chi connectivity index (χ4n) is 2.31. The molecule has 1 aliphatic heterocycles. The van der Waals surface area contributed by atoms with Crippen LogP contribution in [0.25, 0.3) is 0 Å². The highest BCUT2D eigenvalue weighted by Crippen LogP contribution is 2.31. The Kier molecular flexibility index (Phi) is 3.40. The Hall–Kier alpha value is -1.95. The maximum Gasteiger partial charge on any atom is 0.185 e. The van der Waals surface area contributed by atoms with Gasteiger partial charge in [-0.15, -0.1) is 0 Å². The van der Waals surface area contributed by atoms with Gasteiger partial charge < -0.3 is 10.2 Å². The summed E-state index contributed by atoms with van der Waals surface area (Å²) < 4.78 is 0. The lowest BCUT2D eigenvalue weighted by Gasteiger charge is -2.22. The molecule has 0 aromatic heterocycles. The molecule has 0 amide bonds. The van der Waals surface area contributed by atoms with E-state index in [-0.39, 0.29) is 0 Å². The molecule has 1 aliphatic rings. The second-order valence-corrected chi connectivity index (χ2v) is 4.89. The third kappa shape index (κ3) is 2.06. The van der Waals surface area contributed by atoms with E-state index in [4.69, 9.17) is 12.2 Å². The van der Waals surface area contributed by atoms with Crippen molar-refractivity contribution in [3.05, 3.63) is 60.7 Å². The molecule has 2 aromatic rings. The van der Waals surface area contributed by atoms with E-state index in [0.717, 1.165) is 11.4 Å². The van der Waals surface area contributed by atoms with E-state index < -0.39 is 12.5 Å². The highest BCUT2D eigenvalue weighted by Gasteiger charge is 2.42. The summed E-state index contributed by atoms with van der Waals surface area (Å²) in [6.45, 7) is 0. The number of nitrogens with zero attached hydrogens (tertiary/aromatic N) is 2. The first-order chi connectivity index (χ1) is 9.70. The number of hydrogen-bond donors (Lipinski definition) is 2. The normalized spacial score (nSPS) is 22.4. The number of aliphatic hydroxyl groups is 2. The Morgan fingerprint density at radius 1 is 0.700 bits per heavy atom. The van der Waals surface area contributed by atoms with Crippen molar-refractivity contribution in [2.24, 2.45) is 0 Å². The number of hydrogen-bond acceptors (Lipinski definition) is 3. The molecule has 0 spiro atoms. The average Bonchev–Trinajstić information content (AvgIpc) is 2.71. The maximum atomic E-state index is 10.3. The minimum absolute atomic E-state index is 0.377. The molecule has 2 aromatic carbocycles. The second-order valence-electron chi connectivity index (χ2n) is 4.52. The summed E-state index contributed by atoms with van der Waals surface area (Å²) in [4.78, 5) is 3.10. The van der Waals surface area contributed by atoms with E-state index in [2.05, 4.69) is 0 Å². The van der Waals surface area contributed by atoms with Crippen LogP contribution in [0.15, 0.2) is 60.7 Å². The van der Waals surface area contributed by atoms with E-state index in [9.17, 15) is 10.2 Å². The van der Waals surface area contributed by atoms with Crippen molar-refractivity contribution in [3.63, 3.8) is 0 Å². The monoisotopic (exact) mass is 286 g/mol. The van der Waals surface area contributed by atoms with Crippen LogP contribution in [0.2, 0.25) is 0 Å².